The van der Waals surface area contributed by atoms with Crippen molar-refractivity contribution in [3.05, 3.63) is 53.3 Å². The zero-order valence-corrected chi connectivity index (χ0v) is 16.9. The van der Waals surface area contributed by atoms with E-state index in [2.05, 4.69) is 4.90 Å². The van der Waals surface area contributed by atoms with Gasteiger partial charge in [0.25, 0.3) is 0 Å². The molecule has 0 bridgehead atoms. The van der Waals surface area contributed by atoms with Gasteiger partial charge in [0, 0.05) is 12.1 Å². The lowest BCUT2D eigenvalue weighted by atomic mass is 9.90. The van der Waals surface area contributed by atoms with Gasteiger partial charge in [-0.3, -0.25) is 9.69 Å². The number of rotatable bonds is 7. The highest BCUT2D eigenvalue weighted by Crippen LogP contribution is 2.40. The van der Waals surface area contributed by atoms with Gasteiger partial charge in [-0.1, -0.05) is 6.07 Å². The van der Waals surface area contributed by atoms with Crippen molar-refractivity contribution in [2.75, 3.05) is 34.4 Å². The number of aliphatic carboxylic acids is 1. The number of likely N-dealkylation sites (tertiary alicyclic amines) is 1. The predicted molar refractivity (Wildman–Crippen MR) is 106 cm³/mol. The number of halogens is 1. The van der Waals surface area contributed by atoms with Gasteiger partial charge in [-0.15, -0.1) is 0 Å². The number of ether oxygens (including phenoxy) is 3. The van der Waals surface area contributed by atoms with Gasteiger partial charge in [-0.25, -0.2) is 4.39 Å². The van der Waals surface area contributed by atoms with Crippen molar-refractivity contribution in [3.8, 4) is 17.2 Å². The normalized spacial score (nSPS) is 18.1. The summed E-state index contributed by atoms with van der Waals surface area (Å²) in [6.45, 7) is 1.07. The van der Waals surface area contributed by atoms with E-state index in [-0.39, 0.29) is 11.9 Å². The predicted octanol–water partition coefficient (Wildman–Crippen LogP) is 3.74. The average Bonchev–Trinajstić information content (AvgIpc) is 2.74. The number of methoxy groups -OCH3 is 3. The van der Waals surface area contributed by atoms with Gasteiger partial charge in [-0.2, -0.15) is 0 Å². The minimum absolute atomic E-state index is 0.369. The number of carbonyl (C=O) groups is 1. The molecule has 156 valence electrons. The minimum Gasteiger partial charge on any atom is -0.496 e. The van der Waals surface area contributed by atoms with Gasteiger partial charge < -0.3 is 19.3 Å². The first-order chi connectivity index (χ1) is 14.0. The summed E-state index contributed by atoms with van der Waals surface area (Å²) in [5.41, 5.74) is 1.49. The van der Waals surface area contributed by atoms with Crippen LogP contribution < -0.4 is 14.2 Å². The SMILES string of the molecule is COc1ccc(C(c2cc(F)ccc2OC)N2CCCC(C(=O)O)C2)cc1OC. The van der Waals surface area contributed by atoms with Crippen LogP contribution in [0, 0.1) is 11.7 Å². The molecule has 0 saturated carbocycles. The molecule has 1 aliphatic heterocycles. The van der Waals surface area contributed by atoms with E-state index < -0.39 is 11.9 Å². The highest BCUT2D eigenvalue weighted by Gasteiger charge is 2.33. The van der Waals surface area contributed by atoms with Gasteiger partial charge in [0.2, 0.25) is 0 Å². The van der Waals surface area contributed by atoms with Crippen molar-refractivity contribution in [2.24, 2.45) is 5.92 Å². The zero-order chi connectivity index (χ0) is 21.0. The second-order valence-electron chi connectivity index (χ2n) is 7.08. The van der Waals surface area contributed by atoms with Crippen LogP contribution >= 0.6 is 0 Å². The lowest BCUT2D eigenvalue weighted by Gasteiger charge is -2.38. The van der Waals surface area contributed by atoms with E-state index in [1.54, 1.807) is 33.5 Å². The number of hydrogen-bond donors (Lipinski definition) is 1. The van der Waals surface area contributed by atoms with Gasteiger partial charge in [-0.05, 0) is 55.3 Å². The molecule has 3 rings (SSSR count). The van der Waals surface area contributed by atoms with Crippen molar-refractivity contribution < 1.29 is 28.5 Å². The second-order valence-corrected chi connectivity index (χ2v) is 7.08. The van der Waals surface area contributed by atoms with E-state index in [4.69, 9.17) is 14.2 Å². The van der Waals surface area contributed by atoms with E-state index >= 15 is 0 Å². The van der Waals surface area contributed by atoms with Gasteiger partial charge in [0.05, 0.1) is 33.3 Å². The van der Waals surface area contributed by atoms with Crippen molar-refractivity contribution in [3.63, 3.8) is 0 Å². The molecule has 2 aromatic carbocycles. The molecule has 7 heteroatoms. The van der Waals surface area contributed by atoms with Crippen molar-refractivity contribution >= 4 is 5.97 Å². The Balaban J connectivity index is 2.12. The number of carboxylic acid groups (broad SMARTS) is 1. The molecule has 1 fully saturated rings. The molecule has 0 amide bonds. The largest absolute Gasteiger partial charge is 0.496 e. The maximum atomic E-state index is 14.2. The lowest BCUT2D eigenvalue weighted by Crippen LogP contribution is -2.41. The standard InChI is InChI=1S/C22H26FNO5/c1-27-18-9-7-16(23)12-17(18)21(24-10-4-5-15(13-24)22(25)26)14-6-8-19(28-2)20(11-14)29-3/h6-9,11-12,15,21H,4-5,10,13H2,1-3H3,(H,25,26). The third kappa shape index (κ3) is 4.45. The maximum absolute atomic E-state index is 14.2. The fourth-order valence-electron chi connectivity index (χ4n) is 3.97. The van der Waals surface area contributed by atoms with Crippen LogP contribution in [0.25, 0.3) is 0 Å². The molecule has 0 aliphatic carbocycles. The minimum atomic E-state index is -0.813. The van der Waals surface area contributed by atoms with Crippen molar-refractivity contribution in [1.29, 1.82) is 0 Å². The Kier molecular flexibility index (Phi) is 6.59. The molecule has 0 aromatic heterocycles. The summed E-state index contributed by atoms with van der Waals surface area (Å²) < 4.78 is 30.5. The molecule has 1 heterocycles. The van der Waals surface area contributed by atoms with E-state index in [9.17, 15) is 14.3 Å². The molecule has 6 nitrogen and oxygen atoms in total. The zero-order valence-electron chi connectivity index (χ0n) is 16.9. The summed E-state index contributed by atoms with van der Waals surface area (Å²) in [5, 5.41) is 9.53. The highest BCUT2D eigenvalue weighted by atomic mass is 19.1. The molecule has 0 spiro atoms. The van der Waals surface area contributed by atoms with E-state index in [1.807, 2.05) is 12.1 Å². The molecule has 0 radical (unpaired) electrons. The number of nitrogens with zero attached hydrogens (tertiary/aromatic N) is 1. The lowest BCUT2D eigenvalue weighted by molar-refractivity contribution is -0.143. The number of benzene rings is 2. The Morgan fingerprint density at radius 2 is 1.76 bits per heavy atom. The second kappa shape index (κ2) is 9.13. The molecule has 2 atom stereocenters. The van der Waals surface area contributed by atoms with Crippen LogP contribution in [0.2, 0.25) is 0 Å². The summed E-state index contributed by atoms with van der Waals surface area (Å²) in [4.78, 5) is 13.7. The maximum Gasteiger partial charge on any atom is 0.307 e. The van der Waals surface area contributed by atoms with Crippen molar-refractivity contribution in [2.45, 2.75) is 18.9 Å². The monoisotopic (exact) mass is 403 g/mol. The Morgan fingerprint density at radius 3 is 2.41 bits per heavy atom. The Hall–Kier alpha value is -2.80. The average molecular weight is 403 g/mol. The first kappa shape index (κ1) is 20.9. The third-order valence-electron chi connectivity index (χ3n) is 5.38. The van der Waals surface area contributed by atoms with Crippen LogP contribution in [-0.4, -0.2) is 50.4 Å². The summed E-state index contributed by atoms with van der Waals surface area (Å²) in [6.07, 6.45) is 1.38. The van der Waals surface area contributed by atoms with Crippen LogP contribution in [0.4, 0.5) is 4.39 Å². The molecule has 2 aromatic rings. The van der Waals surface area contributed by atoms with Gasteiger partial charge in [0.15, 0.2) is 11.5 Å². The molecular formula is C22H26FNO5. The molecule has 29 heavy (non-hydrogen) atoms. The molecule has 2 unspecified atom stereocenters. The van der Waals surface area contributed by atoms with Crippen LogP contribution in [0.1, 0.15) is 30.0 Å². The number of carboxylic acids is 1. The van der Waals surface area contributed by atoms with Crippen LogP contribution in [0.3, 0.4) is 0 Å². The van der Waals surface area contributed by atoms with Gasteiger partial charge in [0.1, 0.15) is 11.6 Å². The van der Waals surface area contributed by atoms with Crippen molar-refractivity contribution in [1.82, 2.24) is 4.90 Å². The fourth-order valence-corrected chi connectivity index (χ4v) is 3.97. The first-order valence-electron chi connectivity index (χ1n) is 9.50. The Labute approximate surface area is 169 Å². The van der Waals surface area contributed by atoms with E-state index in [1.165, 1.54) is 12.1 Å². The highest BCUT2D eigenvalue weighted by molar-refractivity contribution is 5.70. The Bertz CT molecular complexity index is 872. The molecule has 1 saturated heterocycles. The van der Waals surface area contributed by atoms with Crippen LogP contribution in [0.5, 0.6) is 17.2 Å². The number of hydrogen-bond acceptors (Lipinski definition) is 5. The Morgan fingerprint density at radius 1 is 1.07 bits per heavy atom. The summed E-state index contributed by atoms with van der Waals surface area (Å²) >= 11 is 0. The van der Waals surface area contributed by atoms with Gasteiger partial charge >= 0.3 is 5.97 Å². The smallest absolute Gasteiger partial charge is 0.307 e. The topological polar surface area (TPSA) is 68.2 Å². The quantitative estimate of drug-likeness (QED) is 0.760. The molecule has 1 aliphatic rings. The third-order valence-corrected chi connectivity index (χ3v) is 5.38. The fraction of sp³-hybridized carbons (Fsp3) is 0.409. The molecular weight excluding hydrogens is 377 g/mol. The first-order valence-corrected chi connectivity index (χ1v) is 9.50. The summed E-state index contributed by atoms with van der Waals surface area (Å²) in [7, 11) is 4.66. The number of piperidine rings is 1. The van der Waals surface area contributed by atoms with Crippen LogP contribution in [-0.2, 0) is 4.79 Å². The summed E-state index contributed by atoms with van der Waals surface area (Å²) in [6, 6.07) is 9.54. The van der Waals surface area contributed by atoms with E-state index in [0.29, 0.717) is 42.3 Å². The molecule has 1 N–H and O–H groups in total. The van der Waals surface area contributed by atoms with E-state index in [0.717, 1.165) is 12.0 Å². The van der Waals surface area contributed by atoms with Crippen LogP contribution in [0.15, 0.2) is 36.4 Å². The summed E-state index contributed by atoms with van der Waals surface area (Å²) in [5.74, 6) is 0.0278.